The maximum atomic E-state index is 12.9. The Labute approximate surface area is 199 Å². The number of hydrogen-bond acceptors (Lipinski definition) is 4. The van der Waals surface area contributed by atoms with Crippen molar-refractivity contribution in [1.82, 2.24) is 9.21 Å². The van der Waals surface area contributed by atoms with Crippen molar-refractivity contribution in [2.75, 3.05) is 31.5 Å². The highest BCUT2D eigenvalue weighted by Crippen LogP contribution is 2.24. The molecule has 2 aliphatic rings. The topological polar surface area (TPSA) is 86.8 Å². The Kier molecular flexibility index (Phi) is 7.36. The van der Waals surface area contributed by atoms with Crippen molar-refractivity contribution in [2.24, 2.45) is 5.92 Å². The fourth-order valence-corrected chi connectivity index (χ4v) is 6.00. The van der Waals surface area contributed by atoms with Gasteiger partial charge in [0, 0.05) is 42.5 Å². The lowest BCUT2D eigenvalue weighted by molar-refractivity contribution is -0.121. The van der Waals surface area contributed by atoms with Crippen LogP contribution >= 0.6 is 11.6 Å². The standard InChI is InChI=1S/C24H28ClN3O4S/c25-20-8-6-18(7-9-20)24(30)27-14-4-5-19(17-27)23(29)26-21-10-12-22(13-11-21)33(31,32)28-15-2-1-3-16-28/h6-13,19H,1-5,14-17H2,(H,26,29)/t19-/m1/s1. The molecule has 2 aliphatic heterocycles. The molecule has 7 nitrogen and oxygen atoms in total. The molecule has 0 spiro atoms. The lowest BCUT2D eigenvalue weighted by Crippen LogP contribution is -2.43. The van der Waals surface area contributed by atoms with Gasteiger partial charge in [-0.05, 0) is 74.2 Å². The summed E-state index contributed by atoms with van der Waals surface area (Å²) >= 11 is 5.90. The number of sulfonamides is 1. The molecule has 4 rings (SSSR count). The molecule has 0 bridgehead atoms. The Hall–Kier alpha value is -2.42. The minimum absolute atomic E-state index is 0.114. The lowest BCUT2D eigenvalue weighted by atomic mass is 9.96. The zero-order valence-corrected chi connectivity index (χ0v) is 19.9. The number of piperidine rings is 2. The molecular weight excluding hydrogens is 462 g/mol. The van der Waals surface area contributed by atoms with Crippen LogP contribution in [0.4, 0.5) is 5.69 Å². The van der Waals surface area contributed by atoms with Gasteiger partial charge in [-0.25, -0.2) is 8.42 Å². The van der Waals surface area contributed by atoms with Gasteiger partial charge >= 0.3 is 0 Å². The largest absolute Gasteiger partial charge is 0.338 e. The van der Waals surface area contributed by atoms with E-state index in [1.165, 1.54) is 16.4 Å². The van der Waals surface area contributed by atoms with E-state index >= 15 is 0 Å². The highest BCUT2D eigenvalue weighted by molar-refractivity contribution is 7.89. The number of benzene rings is 2. The minimum atomic E-state index is -3.51. The van der Waals surface area contributed by atoms with Gasteiger partial charge in [0.15, 0.2) is 0 Å². The van der Waals surface area contributed by atoms with Crippen molar-refractivity contribution in [2.45, 2.75) is 37.0 Å². The highest BCUT2D eigenvalue weighted by Gasteiger charge is 2.29. The van der Waals surface area contributed by atoms with E-state index in [0.29, 0.717) is 48.9 Å². The molecule has 0 aromatic heterocycles. The summed E-state index contributed by atoms with van der Waals surface area (Å²) in [6.07, 6.45) is 4.25. The summed E-state index contributed by atoms with van der Waals surface area (Å²) in [6, 6.07) is 13.0. The molecule has 1 atom stereocenters. The molecule has 0 unspecified atom stereocenters. The van der Waals surface area contributed by atoms with Crippen LogP contribution in [0.1, 0.15) is 42.5 Å². The maximum Gasteiger partial charge on any atom is 0.253 e. The number of halogens is 1. The molecule has 9 heteroatoms. The van der Waals surface area contributed by atoms with Gasteiger partial charge in [0.1, 0.15) is 0 Å². The first-order chi connectivity index (χ1) is 15.8. The average Bonchev–Trinajstić information content (AvgIpc) is 2.85. The number of carbonyl (C=O) groups excluding carboxylic acids is 2. The predicted molar refractivity (Wildman–Crippen MR) is 128 cm³/mol. The summed E-state index contributed by atoms with van der Waals surface area (Å²) in [4.78, 5) is 27.6. The summed E-state index contributed by atoms with van der Waals surface area (Å²) in [6.45, 7) is 2.05. The van der Waals surface area contributed by atoms with E-state index in [9.17, 15) is 18.0 Å². The number of amides is 2. The van der Waals surface area contributed by atoms with Gasteiger partial charge in [0.25, 0.3) is 5.91 Å². The molecule has 1 N–H and O–H groups in total. The van der Waals surface area contributed by atoms with Crippen molar-refractivity contribution in [3.05, 3.63) is 59.1 Å². The number of carbonyl (C=O) groups is 2. The maximum absolute atomic E-state index is 12.9. The SMILES string of the molecule is O=C(Nc1ccc(S(=O)(=O)N2CCCCC2)cc1)[C@@H]1CCCN(C(=O)c2ccc(Cl)cc2)C1. The second-order valence-corrected chi connectivity index (χ2v) is 10.9. The van der Waals surface area contributed by atoms with Crippen molar-refractivity contribution in [1.29, 1.82) is 0 Å². The fraction of sp³-hybridized carbons (Fsp3) is 0.417. The predicted octanol–water partition coefficient (Wildman–Crippen LogP) is 4.01. The Morgan fingerprint density at radius 1 is 0.879 bits per heavy atom. The first-order valence-electron chi connectivity index (χ1n) is 11.3. The number of likely N-dealkylation sites (tertiary alicyclic amines) is 1. The Bertz CT molecular complexity index is 1100. The third-order valence-electron chi connectivity index (χ3n) is 6.25. The van der Waals surface area contributed by atoms with Crippen LogP contribution in [0.15, 0.2) is 53.4 Å². The van der Waals surface area contributed by atoms with Gasteiger partial charge < -0.3 is 10.2 Å². The molecule has 0 aliphatic carbocycles. The molecule has 2 aromatic carbocycles. The van der Waals surface area contributed by atoms with Gasteiger partial charge in [-0.15, -0.1) is 0 Å². The monoisotopic (exact) mass is 489 g/mol. The molecule has 2 aromatic rings. The quantitative estimate of drug-likeness (QED) is 0.687. The van der Waals surface area contributed by atoms with Crippen LogP contribution < -0.4 is 5.32 Å². The molecule has 2 heterocycles. The van der Waals surface area contributed by atoms with E-state index in [4.69, 9.17) is 11.6 Å². The van der Waals surface area contributed by atoms with Crippen molar-refractivity contribution >= 4 is 39.1 Å². The number of rotatable bonds is 5. The van der Waals surface area contributed by atoms with Crippen molar-refractivity contribution < 1.29 is 18.0 Å². The van der Waals surface area contributed by atoms with E-state index in [2.05, 4.69) is 5.32 Å². The van der Waals surface area contributed by atoms with Crippen LogP contribution in [0.5, 0.6) is 0 Å². The zero-order valence-electron chi connectivity index (χ0n) is 18.4. The summed E-state index contributed by atoms with van der Waals surface area (Å²) in [5.74, 6) is -0.613. The normalized spacial score (nSPS) is 19.8. The van der Waals surface area contributed by atoms with Crippen LogP contribution in [-0.2, 0) is 14.8 Å². The van der Waals surface area contributed by atoms with Crippen molar-refractivity contribution in [3.63, 3.8) is 0 Å². The number of nitrogens with one attached hydrogen (secondary N) is 1. The van der Waals surface area contributed by atoms with E-state index in [1.54, 1.807) is 41.3 Å². The van der Waals surface area contributed by atoms with Crippen LogP contribution in [-0.4, -0.2) is 55.6 Å². The van der Waals surface area contributed by atoms with Gasteiger partial charge in [-0.3, -0.25) is 9.59 Å². The molecule has 33 heavy (non-hydrogen) atoms. The molecule has 0 saturated carbocycles. The van der Waals surface area contributed by atoms with E-state index in [-0.39, 0.29) is 22.6 Å². The number of hydrogen-bond donors (Lipinski definition) is 1. The zero-order chi connectivity index (χ0) is 23.4. The number of nitrogens with zero attached hydrogens (tertiary/aromatic N) is 2. The second kappa shape index (κ2) is 10.2. The molecule has 2 fully saturated rings. The third-order valence-corrected chi connectivity index (χ3v) is 8.41. The van der Waals surface area contributed by atoms with Crippen LogP contribution in [0.25, 0.3) is 0 Å². The minimum Gasteiger partial charge on any atom is -0.338 e. The van der Waals surface area contributed by atoms with Gasteiger partial charge in [-0.1, -0.05) is 18.0 Å². The Morgan fingerprint density at radius 2 is 1.55 bits per heavy atom. The van der Waals surface area contributed by atoms with E-state index < -0.39 is 10.0 Å². The van der Waals surface area contributed by atoms with Gasteiger partial charge in [-0.2, -0.15) is 4.31 Å². The first-order valence-corrected chi connectivity index (χ1v) is 13.1. The Balaban J connectivity index is 1.37. The summed E-state index contributed by atoms with van der Waals surface area (Å²) < 4.78 is 27.1. The van der Waals surface area contributed by atoms with E-state index in [1.807, 2.05) is 0 Å². The number of anilines is 1. The second-order valence-electron chi connectivity index (χ2n) is 8.58. The average molecular weight is 490 g/mol. The van der Waals surface area contributed by atoms with Crippen molar-refractivity contribution in [3.8, 4) is 0 Å². The van der Waals surface area contributed by atoms with Gasteiger partial charge in [0.2, 0.25) is 15.9 Å². The van der Waals surface area contributed by atoms with Crippen LogP contribution in [0, 0.1) is 5.92 Å². The summed E-state index contributed by atoms with van der Waals surface area (Å²) in [5, 5.41) is 3.44. The van der Waals surface area contributed by atoms with E-state index in [0.717, 1.165) is 25.7 Å². The molecule has 2 saturated heterocycles. The van der Waals surface area contributed by atoms with Crippen LogP contribution in [0.3, 0.4) is 0 Å². The molecule has 176 valence electrons. The highest BCUT2D eigenvalue weighted by atomic mass is 35.5. The smallest absolute Gasteiger partial charge is 0.253 e. The lowest BCUT2D eigenvalue weighted by Gasteiger charge is -2.32. The summed E-state index contributed by atoms with van der Waals surface area (Å²) in [7, 11) is -3.51. The third kappa shape index (κ3) is 5.57. The van der Waals surface area contributed by atoms with Crippen LogP contribution in [0.2, 0.25) is 5.02 Å². The summed E-state index contributed by atoms with van der Waals surface area (Å²) in [5.41, 5.74) is 1.09. The molecule has 0 radical (unpaired) electrons. The first kappa shape index (κ1) is 23.7. The fourth-order valence-electron chi connectivity index (χ4n) is 4.36. The molecule has 2 amide bonds. The molecular formula is C24H28ClN3O4S. The van der Waals surface area contributed by atoms with Gasteiger partial charge in [0.05, 0.1) is 10.8 Å². The Morgan fingerprint density at radius 3 is 2.21 bits per heavy atom.